The fourth-order valence-corrected chi connectivity index (χ4v) is 2.20. The number of aromatic nitrogens is 1. The van der Waals surface area contributed by atoms with Crippen LogP contribution in [0.15, 0.2) is 34.9 Å². The average Bonchev–Trinajstić information content (AvgIpc) is 3.02. The Bertz CT molecular complexity index is 650. The first-order chi connectivity index (χ1) is 10.9. The molecular weight excluding hydrogens is 316 g/mol. The molecule has 0 aliphatic heterocycles. The van der Waals surface area contributed by atoms with Crippen LogP contribution in [0.3, 0.4) is 0 Å². The largest absolute Gasteiger partial charge is 0.396 e. The molecule has 0 spiro atoms. The first-order valence-electron chi connectivity index (χ1n) is 7.53. The predicted octanol–water partition coefficient (Wildman–Crippen LogP) is 3.52. The number of carbonyl (C=O) groups excluding carboxylic acids is 1. The molecule has 0 radical (unpaired) electrons. The van der Waals surface area contributed by atoms with Gasteiger partial charge in [-0.2, -0.15) is 0 Å². The van der Waals surface area contributed by atoms with E-state index in [1.807, 2.05) is 26.0 Å². The maximum Gasteiger partial charge on any atom is 0.273 e. The molecule has 1 aromatic carbocycles. The smallest absolute Gasteiger partial charge is 0.273 e. The lowest BCUT2D eigenvalue weighted by molar-refractivity contribution is 0.0939. The molecule has 2 rings (SSSR count). The topological polar surface area (TPSA) is 75.4 Å². The lowest BCUT2D eigenvalue weighted by Crippen LogP contribution is -2.26. The van der Waals surface area contributed by atoms with Crippen LogP contribution in [0.2, 0.25) is 5.02 Å². The van der Waals surface area contributed by atoms with E-state index in [4.69, 9.17) is 16.1 Å². The Hall–Kier alpha value is -1.85. The highest BCUT2D eigenvalue weighted by atomic mass is 35.5. The number of benzene rings is 1. The monoisotopic (exact) mass is 336 g/mol. The molecule has 0 bridgehead atoms. The van der Waals surface area contributed by atoms with Gasteiger partial charge < -0.3 is 14.9 Å². The number of nitrogens with zero attached hydrogens (tertiary/aromatic N) is 1. The van der Waals surface area contributed by atoms with Gasteiger partial charge in [0, 0.05) is 29.8 Å². The van der Waals surface area contributed by atoms with Gasteiger partial charge in [-0.1, -0.05) is 30.6 Å². The molecule has 0 atom stereocenters. The molecular formula is C17H21ClN2O3. The Labute approximate surface area is 140 Å². The number of halogens is 1. The Morgan fingerprint density at radius 2 is 2.04 bits per heavy atom. The highest BCUT2D eigenvalue weighted by Crippen LogP contribution is 2.22. The summed E-state index contributed by atoms with van der Waals surface area (Å²) in [6.45, 7) is 4.65. The zero-order valence-corrected chi connectivity index (χ0v) is 14.1. The third-order valence-corrected chi connectivity index (χ3v) is 3.87. The fourth-order valence-electron chi connectivity index (χ4n) is 2.07. The van der Waals surface area contributed by atoms with E-state index in [0.29, 0.717) is 17.3 Å². The Kier molecular flexibility index (Phi) is 5.80. The quantitative estimate of drug-likeness (QED) is 0.758. The summed E-state index contributed by atoms with van der Waals surface area (Å²) in [4.78, 5) is 12.0. The van der Waals surface area contributed by atoms with E-state index in [1.54, 1.807) is 18.2 Å². The number of carbonyl (C=O) groups is 1. The Morgan fingerprint density at radius 1 is 1.35 bits per heavy atom. The summed E-state index contributed by atoms with van der Waals surface area (Å²) in [6.07, 6.45) is 1.62. The molecule has 0 saturated heterocycles. The summed E-state index contributed by atoms with van der Waals surface area (Å²) < 4.78 is 5.20. The maximum absolute atomic E-state index is 12.0. The highest BCUT2D eigenvalue weighted by molar-refractivity contribution is 6.30. The molecule has 5 nitrogen and oxygen atoms in total. The summed E-state index contributed by atoms with van der Waals surface area (Å²) in [5.74, 6) is 0.254. The third kappa shape index (κ3) is 5.08. The molecule has 6 heteroatoms. The van der Waals surface area contributed by atoms with Gasteiger partial charge in [0.15, 0.2) is 11.5 Å². The van der Waals surface area contributed by atoms with E-state index in [0.717, 1.165) is 18.4 Å². The van der Waals surface area contributed by atoms with E-state index in [2.05, 4.69) is 10.5 Å². The SMILES string of the molecule is CC(C)(CO)CCCNC(=O)c1cc(-c2ccc(Cl)cc2)on1. The normalized spacial score (nSPS) is 11.5. The molecule has 2 N–H and O–H groups in total. The number of hydrogen-bond donors (Lipinski definition) is 2. The second kappa shape index (κ2) is 7.62. The summed E-state index contributed by atoms with van der Waals surface area (Å²) in [6, 6.07) is 8.73. The van der Waals surface area contributed by atoms with Gasteiger partial charge in [-0.3, -0.25) is 4.79 Å². The molecule has 0 aliphatic rings. The molecule has 1 amide bonds. The Balaban J connectivity index is 1.88. The van der Waals surface area contributed by atoms with Gasteiger partial charge in [0.2, 0.25) is 0 Å². The first-order valence-corrected chi connectivity index (χ1v) is 7.91. The number of nitrogens with one attached hydrogen (secondary N) is 1. The summed E-state index contributed by atoms with van der Waals surface area (Å²) >= 11 is 5.84. The van der Waals surface area contributed by atoms with Crippen molar-refractivity contribution in [1.29, 1.82) is 0 Å². The van der Waals surface area contributed by atoms with Gasteiger partial charge in [-0.25, -0.2) is 0 Å². The van der Waals surface area contributed by atoms with E-state index in [1.165, 1.54) is 0 Å². The maximum atomic E-state index is 12.0. The lowest BCUT2D eigenvalue weighted by atomic mass is 9.89. The predicted molar refractivity (Wildman–Crippen MR) is 89.4 cm³/mol. The van der Waals surface area contributed by atoms with Gasteiger partial charge in [0.05, 0.1) is 0 Å². The minimum Gasteiger partial charge on any atom is -0.396 e. The molecule has 0 saturated carbocycles. The van der Waals surface area contributed by atoms with Crippen molar-refractivity contribution in [2.45, 2.75) is 26.7 Å². The number of rotatable bonds is 7. The molecule has 0 fully saturated rings. The second-order valence-electron chi connectivity index (χ2n) is 6.27. The van der Waals surface area contributed by atoms with Gasteiger partial charge in [-0.15, -0.1) is 0 Å². The zero-order valence-electron chi connectivity index (χ0n) is 13.3. The van der Waals surface area contributed by atoms with Gasteiger partial charge in [-0.05, 0) is 42.5 Å². The van der Waals surface area contributed by atoms with Crippen molar-refractivity contribution >= 4 is 17.5 Å². The van der Waals surface area contributed by atoms with Gasteiger partial charge in [0.1, 0.15) is 0 Å². The molecule has 23 heavy (non-hydrogen) atoms. The van der Waals surface area contributed by atoms with Crippen LogP contribution in [0.25, 0.3) is 11.3 Å². The molecule has 0 aliphatic carbocycles. The average molecular weight is 337 g/mol. The lowest BCUT2D eigenvalue weighted by Gasteiger charge is -2.20. The van der Waals surface area contributed by atoms with E-state index in [9.17, 15) is 9.90 Å². The fraction of sp³-hybridized carbons (Fsp3) is 0.412. The second-order valence-corrected chi connectivity index (χ2v) is 6.70. The van der Waals surface area contributed by atoms with E-state index in [-0.39, 0.29) is 23.6 Å². The highest BCUT2D eigenvalue weighted by Gasteiger charge is 2.17. The van der Waals surface area contributed by atoms with Crippen LogP contribution in [-0.2, 0) is 0 Å². The van der Waals surface area contributed by atoms with Crippen LogP contribution in [0.4, 0.5) is 0 Å². The molecule has 124 valence electrons. The van der Waals surface area contributed by atoms with Crippen LogP contribution in [0.5, 0.6) is 0 Å². The molecule has 2 aromatic rings. The number of aliphatic hydroxyl groups excluding tert-OH is 1. The van der Waals surface area contributed by atoms with Crippen LogP contribution < -0.4 is 5.32 Å². The van der Waals surface area contributed by atoms with Crippen LogP contribution in [0, 0.1) is 5.41 Å². The van der Waals surface area contributed by atoms with Crippen molar-refractivity contribution in [1.82, 2.24) is 10.5 Å². The van der Waals surface area contributed by atoms with Crippen LogP contribution >= 0.6 is 11.6 Å². The zero-order chi connectivity index (χ0) is 16.9. The van der Waals surface area contributed by atoms with E-state index < -0.39 is 0 Å². The summed E-state index contributed by atoms with van der Waals surface area (Å²) in [7, 11) is 0. The van der Waals surface area contributed by atoms with Gasteiger partial charge >= 0.3 is 0 Å². The third-order valence-electron chi connectivity index (χ3n) is 3.62. The van der Waals surface area contributed by atoms with Crippen molar-refractivity contribution in [3.05, 3.63) is 41.0 Å². The summed E-state index contributed by atoms with van der Waals surface area (Å²) in [5, 5.41) is 16.4. The van der Waals surface area contributed by atoms with Crippen molar-refractivity contribution in [3.8, 4) is 11.3 Å². The number of amides is 1. The molecule has 1 heterocycles. The van der Waals surface area contributed by atoms with Crippen LogP contribution in [0.1, 0.15) is 37.2 Å². The minimum atomic E-state index is -0.268. The van der Waals surface area contributed by atoms with Gasteiger partial charge in [0.25, 0.3) is 5.91 Å². The number of hydrogen-bond acceptors (Lipinski definition) is 4. The molecule has 0 unspecified atom stereocenters. The van der Waals surface area contributed by atoms with Crippen LogP contribution in [-0.4, -0.2) is 29.3 Å². The molecule has 1 aromatic heterocycles. The Morgan fingerprint density at radius 3 is 2.70 bits per heavy atom. The minimum absolute atomic E-state index is 0.125. The number of aliphatic hydroxyl groups is 1. The summed E-state index contributed by atoms with van der Waals surface area (Å²) in [5.41, 5.74) is 0.933. The standard InChI is InChI=1S/C17H21ClN2O3/c1-17(2,11-21)8-3-9-19-16(22)14-10-15(23-20-14)12-4-6-13(18)7-5-12/h4-7,10,21H,3,8-9,11H2,1-2H3,(H,19,22). The van der Waals surface area contributed by atoms with Crippen molar-refractivity contribution in [3.63, 3.8) is 0 Å². The van der Waals surface area contributed by atoms with E-state index >= 15 is 0 Å². The van der Waals surface area contributed by atoms with Crippen molar-refractivity contribution in [2.24, 2.45) is 5.41 Å². The first kappa shape index (κ1) is 17.5. The van der Waals surface area contributed by atoms with Crippen molar-refractivity contribution < 1.29 is 14.4 Å². The van der Waals surface area contributed by atoms with Crippen molar-refractivity contribution in [2.75, 3.05) is 13.2 Å².